The molecule has 3 rings (SSSR count). The van der Waals surface area contributed by atoms with Crippen LogP contribution in [-0.2, 0) is 21.0 Å². The number of hydrogen-bond donors (Lipinski definition) is 2. The van der Waals surface area contributed by atoms with Crippen molar-refractivity contribution < 1.29 is 26.4 Å². The predicted octanol–water partition coefficient (Wildman–Crippen LogP) is 1.70. The van der Waals surface area contributed by atoms with Gasteiger partial charge in [-0.3, -0.25) is 10.2 Å². The molecule has 0 unspecified atom stereocenters. The first-order chi connectivity index (χ1) is 13.1. The van der Waals surface area contributed by atoms with Crippen molar-refractivity contribution in [1.82, 2.24) is 25.0 Å². The van der Waals surface area contributed by atoms with Gasteiger partial charge < -0.3 is 0 Å². The minimum atomic E-state index is -4.65. The molecule has 0 aliphatic heterocycles. The van der Waals surface area contributed by atoms with Gasteiger partial charge in [0.25, 0.3) is 10.0 Å². The number of rotatable bonds is 5. The number of hydrazine groups is 1. The van der Waals surface area contributed by atoms with Gasteiger partial charge in [-0.15, -0.1) is 16.2 Å². The minimum absolute atomic E-state index is 0. The summed E-state index contributed by atoms with van der Waals surface area (Å²) in [5.74, 6) is -0.607. The first-order valence-electron chi connectivity index (χ1n) is 7.54. The number of halogens is 3. The van der Waals surface area contributed by atoms with Gasteiger partial charge >= 0.3 is 35.7 Å². The Bertz CT molecular complexity index is 1100. The zero-order valence-electron chi connectivity index (χ0n) is 14.1. The first kappa shape index (κ1) is 23.5. The molecule has 1 amide bonds. The van der Waals surface area contributed by atoms with E-state index in [-0.39, 0.29) is 45.8 Å². The fraction of sp³-hybridized carbons (Fsp3) is 0.133. The Hall–Kier alpha value is -1.77. The zero-order chi connectivity index (χ0) is 20.5. The van der Waals surface area contributed by atoms with Crippen LogP contribution in [0.25, 0.3) is 16.4 Å². The number of carbonyl (C=O) groups excluding carboxylic acids is 1. The molecule has 0 atom stereocenters. The van der Waals surface area contributed by atoms with E-state index in [1.54, 1.807) is 5.38 Å². The van der Waals surface area contributed by atoms with Gasteiger partial charge in [-0.1, -0.05) is 0 Å². The van der Waals surface area contributed by atoms with Crippen LogP contribution in [0.2, 0.25) is 0 Å². The van der Waals surface area contributed by atoms with Crippen molar-refractivity contribution in [3.63, 3.8) is 0 Å². The molecule has 2 N–H and O–H groups in total. The second-order valence-corrected chi connectivity index (χ2v) is 8.02. The second-order valence-electron chi connectivity index (χ2n) is 5.44. The van der Waals surface area contributed by atoms with Crippen molar-refractivity contribution in [3.05, 3.63) is 47.6 Å². The normalized spacial score (nSPS) is 11.7. The van der Waals surface area contributed by atoms with E-state index in [0.29, 0.717) is 5.01 Å². The molecule has 0 spiro atoms. The van der Waals surface area contributed by atoms with Crippen LogP contribution >= 0.6 is 11.3 Å². The van der Waals surface area contributed by atoms with E-state index in [9.17, 15) is 26.4 Å². The number of nitrogens with zero attached hydrogens (tertiary/aromatic N) is 3. The number of thiazole rings is 1. The Morgan fingerprint density at radius 2 is 1.86 bits per heavy atom. The van der Waals surface area contributed by atoms with Crippen LogP contribution in [0.5, 0.6) is 0 Å². The molecule has 3 aromatic rings. The molecule has 150 valence electrons. The van der Waals surface area contributed by atoms with Crippen molar-refractivity contribution in [3.8, 4) is 16.4 Å². The van der Waals surface area contributed by atoms with Gasteiger partial charge in [-0.2, -0.15) is 18.3 Å². The standard InChI is InChI=1S/C15H12F3N5O3S2.Na.H/c1-9(24)20-22-28(25,26)11-4-2-10(3-5-11)23-12(14-19-6-7-27-14)8-13(21-23)15(16,17)18;;/h2-8,22H,1H3,(H,20,24);;. The van der Waals surface area contributed by atoms with E-state index in [2.05, 4.69) is 10.1 Å². The van der Waals surface area contributed by atoms with Gasteiger partial charge in [-0.05, 0) is 30.3 Å². The summed E-state index contributed by atoms with van der Waals surface area (Å²) in [5, 5.41) is 5.54. The summed E-state index contributed by atoms with van der Waals surface area (Å²) in [5.41, 5.74) is 1.18. The molecule has 1 aromatic carbocycles. The molecular formula is C15H13F3N5NaO3S2. The van der Waals surface area contributed by atoms with E-state index in [4.69, 9.17) is 0 Å². The Labute approximate surface area is 189 Å². The van der Waals surface area contributed by atoms with Gasteiger partial charge in [0.2, 0.25) is 5.91 Å². The van der Waals surface area contributed by atoms with Crippen LogP contribution in [0.1, 0.15) is 12.6 Å². The number of amides is 1. The molecule has 8 nitrogen and oxygen atoms in total. The SMILES string of the molecule is CC(=O)NNS(=O)(=O)c1ccc(-n2nc(C(F)(F)F)cc2-c2nccs2)cc1.[NaH]. The molecule has 0 bridgehead atoms. The average molecular weight is 455 g/mol. The fourth-order valence-electron chi connectivity index (χ4n) is 2.18. The van der Waals surface area contributed by atoms with Crippen LogP contribution in [0.4, 0.5) is 13.2 Å². The molecule has 0 radical (unpaired) electrons. The summed E-state index contributed by atoms with van der Waals surface area (Å²) in [4.78, 5) is 16.6. The Morgan fingerprint density at radius 1 is 1.21 bits per heavy atom. The Balaban J connectivity index is 0.00000300. The van der Waals surface area contributed by atoms with E-state index < -0.39 is 27.8 Å². The van der Waals surface area contributed by atoms with Gasteiger partial charge in [-0.25, -0.2) is 18.1 Å². The van der Waals surface area contributed by atoms with Crippen molar-refractivity contribution in [2.75, 3.05) is 0 Å². The topological polar surface area (TPSA) is 106 Å². The summed E-state index contributed by atoms with van der Waals surface area (Å²) in [6.07, 6.45) is -3.20. The molecule has 0 aliphatic rings. The maximum absolute atomic E-state index is 13.1. The number of aromatic nitrogens is 3. The third-order valence-corrected chi connectivity index (χ3v) is 5.46. The number of benzene rings is 1. The summed E-state index contributed by atoms with van der Waals surface area (Å²) in [6, 6.07) is 5.83. The van der Waals surface area contributed by atoms with Crippen molar-refractivity contribution in [2.45, 2.75) is 18.0 Å². The van der Waals surface area contributed by atoms with Crippen molar-refractivity contribution >= 4 is 56.8 Å². The van der Waals surface area contributed by atoms with Crippen LogP contribution in [0.15, 0.2) is 46.8 Å². The van der Waals surface area contributed by atoms with Crippen LogP contribution in [0, 0.1) is 0 Å². The number of nitrogens with one attached hydrogen (secondary N) is 2. The summed E-state index contributed by atoms with van der Waals surface area (Å²) < 4.78 is 64.5. The van der Waals surface area contributed by atoms with Crippen molar-refractivity contribution in [1.29, 1.82) is 0 Å². The van der Waals surface area contributed by atoms with Gasteiger partial charge in [0.15, 0.2) is 5.69 Å². The number of hydrogen-bond acceptors (Lipinski definition) is 6. The van der Waals surface area contributed by atoms with E-state index in [0.717, 1.165) is 29.0 Å². The first-order valence-corrected chi connectivity index (χ1v) is 9.90. The van der Waals surface area contributed by atoms with Gasteiger partial charge in [0, 0.05) is 18.5 Å². The molecule has 0 saturated carbocycles. The number of alkyl halides is 3. The summed E-state index contributed by atoms with van der Waals surface area (Å²) >= 11 is 1.14. The molecule has 2 heterocycles. The van der Waals surface area contributed by atoms with E-state index in [1.165, 1.54) is 30.5 Å². The summed E-state index contributed by atoms with van der Waals surface area (Å²) in [7, 11) is -4.03. The predicted molar refractivity (Wildman–Crippen MR) is 101 cm³/mol. The third-order valence-electron chi connectivity index (χ3n) is 3.40. The third kappa shape index (κ3) is 5.43. The van der Waals surface area contributed by atoms with E-state index >= 15 is 0 Å². The van der Waals surface area contributed by atoms with Gasteiger partial charge in [0.1, 0.15) is 10.7 Å². The Kier molecular flexibility index (Phi) is 7.24. The number of carbonyl (C=O) groups is 1. The molecule has 29 heavy (non-hydrogen) atoms. The average Bonchev–Trinajstić information content (AvgIpc) is 3.29. The zero-order valence-corrected chi connectivity index (χ0v) is 15.7. The van der Waals surface area contributed by atoms with Crippen molar-refractivity contribution in [2.24, 2.45) is 0 Å². The molecule has 0 fully saturated rings. The molecular weight excluding hydrogens is 442 g/mol. The molecule has 2 aromatic heterocycles. The van der Waals surface area contributed by atoms with E-state index in [1.807, 2.05) is 10.3 Å². The van der Waals surface area contributed by atoms with Gasteiger partial charge in [0.05, 0.1) is 10.6 Å². The fourth-order valence-corrected chi connectivity index (χ4v) is 3.71. The Morgan fingerprint density at radius 3 is 2.38 bits per heavy atom. The molecule has 14 heteroatoms. The van der Waals surface area contributed by atoms with Crippen LogP contribution in [0.3, 0.4) is 0 Å². The van der Waals surface area contributed by atoms with Crippen LogP contribution < -0.4 is 10.3 Å². The molecule has 0 aliphatic carbocycles. The summed E-state index contributed by atoms with van der Waals surface area (Å²) in [6.45, 7) is 1.13. The maximum atomic E-state index is 13.1. The number of sulfonamides is 1. The molecule has 0 saturated heterocycles. The monoisotopic (exact) mass is 455 g/mol. The van der Waals surface area contributed by atoms with Crippen LogP contribution in [-0.4, -0.2) is 58.6 Å². The second kappa shape index (κ2) is 8.93. The quantitative estimate of drug-likeness (QED) is 0.450.